The van der Waals surface area contributed by atoms with Crippen molar-refractivity contribution in [2.75, 3.05) is 0 Å². The van der Waals surface area contributed by atoms with E-state index in [1.54, 1.807) is 6.92 Å². The summed E-state index contributed by atoms with van der Waals surface area (Å²) in [5, 5.41) is 17.6. The van der Waals surface area contributed by atoms with Crippen molar-refractivity contribution in [3.8, 4) is 0 Å². The van der Waals surface area contributed by atoms with Gasteiger partial charge in [0.25, 0.3) is 5.69 Å². The Bertz CT molecular complexity index is 765. The number of ketones is 1. The molecule has 1 N–H and O–H groups in total. The van der Waals surface area contributed by atoms with Crippen LogP contribution in [0.2, 0.25) is 0 Å². The molecule has 0 amide bonds. The average molecular weight is 308 g/mol. The van der Waals surface area contributed by atoms with Crippen LogP contribution in [0, 0.1) is 10.1 Å². The third-order valence-electron chi connectivity index (χ3n) is 2.80. The number of carbonyl (C=O) groups is 1. The van der Waals surface area contributed by atoms with Crippen molar-refractivity contribution in [1.82, 2.24) is 14.8 Å². The van der Waals surface area contributed by atoms with E-state index in [1.807, 2.05) is 0 Å². The van der Waals surface area contributed by atoms with Gasteiger partial charge in [-0.2, -0.15) is 0 Å². The lowest BCUT2D eigenvalue weighted by Gasteiger charge is -2.04. The van der Waals surface area contributed by atoms with E-state index in [2.05, 4.69) is 10.2 Å². The summed E-state index contributed by atoms with van der Waals surface area (Å²) in [6.07, 6.45) is 0. The maximum Gasteiger partial charge on any atom is 0.343 e. The van der Waals surface area contributed by atoms with Crippen molar-refractivity contribution in [2.24, 2.45) is 0 Å². The zero-order valence-corrected chi connectivity index (χ0v) is 12.1. The molecule has 0 aliphatic carbocycles. The second-order valence-corrected chi connectivity index (χ2v) is 5.16. The van der Waals surface area contributed by atoms with Crippen molar-refractivity contribution < 1.29 is 9.72 Å². The summed E-state index contributed by atoms with van der Waals surface area (Å²) in [7, 11) is 0. The molecule has 1 aromatic heterocycles. The van der Waals surface area contributed by atoms with Crippen molar-refractivity contribution in [1.29, 1.82) is 0 Å². The molecule has 0 saturated heterocycles. The number of nitrogens with one attached hydrogen (secondary N) is 1. The Labute approximate surface area is 123 Å². The molecule has 21 heavy (non-hydrogen) atoms. The molecular weight excluding hydrogens is 296 g/mol. The van der Waals surface area contributed by atoms with E-state index >= 15 is 0 Å². The highest BCUT2D eigenvalue weighted by Crippen LogP contribution is 2.34. The van der Waals surface area contributed by atoms with Gasteiger partial charge >= 0.3 is 5.69 Å². The van der Waals surface area contributed by atoms with Gasteiger partial charge in [0.1, 0.15) is 0 Å². The number of aromatic nitrogens is 3. The lowest BCUT2D eigenvalue weighted by molar-refractivity contribution is -0.387. The van der Waals surface area contributed by atoms with Crippen molar-refractivity contribution in [3.63, 3.8) is 0 Å². The lowest BCUT2D eigenvalue weighted by Crippen LogP contribution is -2.16. The zero-order chi connectivity index (χ0) is 15.6. The molecule has 0 saturated carbocycles. The third-order valence-corrected chi connectivity index (χ3v) is 3.86. The highest BCUT2D eigenvalue weighted by molar-refractivity contribution is 7.99. The average Bonchev–Trinajstić information content (AvgIpc) is 2.78. The predicted molar refractivity (Wildman–Crippen MR) is 75.7 cm³/mol. The van der Waals surface area contributed by atoms with Crippen LogP contribution in [0.4, 0.5) is 5.69 Å². The Morgan fingerprint density at radius 2 is 2.24 bits per heavy atom. The summed E-state index contributed by atoms with van der Waals surface area (Å²) in [6, 6.07) is 4.23. The molecule has 0 radical (unpaired) electrons. The Morgan fingerprint density at radius 3 is 2.81 bits per heavy atom. The molecule has 1 aromatic carbocycles. The second-order valence-electron chi connectivity index (χ2n) is 4.15. The minimum Gasteiger partial charge on any atom is -0.295 e. The van der Waals surface area contributed by atoms with E-state index in [-0.39, 0.29) is 22.7 Å². The molecule has 0 aliphatic rings. The highest BCUT2D eigenvalue weighted by Gasteiger charge is 2.19. The number of rotatable bonds is 5. The molecule has 0 spiro atoms. The topological polar surface area (TPSA) is 111 Å². The third kappa shape index (κ3) is 3.02. The van der Waals surface area contributed by atoms with Crippen molar-refractivity contribution in [3.05, 3.63) is 44.4 Å². The maximum atomic E-state index is 11.5. The SMILES string of the molecule is CCn1c(Sc2ccc(C(C)=O)cc2[N+](=O)[O-])n[nH]c1=O. The Morgan fingerprint density at radius 1 is 1.52 bits per heavy atom. The standard InChI is InChI=1S/C12H12N4O4S/c1-3-15-11(18)13-14-12(15)21-10-5-4-8(7(2)17)6-9(10)16(19)20/h4-6H,3H2,1-2H3,(H,13,18). The van der Waals surface area contributed by atoms with E-state index in [0.29, 0.717) is 16.6 Å². The molecule has 8 nitrogen and oxygen atoms in total. The van der Waals surface area contributed by atoms with Crippen LogP contribution in [0.1, 0.15) is 24.2 Å². The Kier molecular flexibility index (Phi) is 4.22. The smallest absolute Gasteiger partial charge is 0.295 e. The minimum atomic E-state index is -0.560. The highest BCUT2D eigenvalue weighted by atomic mass is 32.2. The predicted octanol–water partition coefficient (Wildman–Crippen LogP) is 1.85. The van der Waals surface area contributed by atoms with E-state index < -0.39 is 4.92 Å². The van der Waals surface area contributed by atoms with Crippen LogP contribution in [0.25, 0.3) is 0 Å². The van der Waals surface area contributed by atoms with Gasteiger partial charge in [0.15, 0.2) is 10.9 Å². The van der Waals surface area contributed by atoms with E-state index in [9.17, 15) is 19.7 Å². The molecule has 0 aliphatic heterocycles. The van der Waals surface area contributed by atoms with E-state index in [0.717, 1.165) is 11.8 Å². The molecular formula is C12H12N4O4S. The van der Waals surface area contributed by atoms with Crippen molar-refractivity contribution >= 4 is 23.2 Å². The van der Waals surface area contributed by atoms with Gasteiger partial charge in [-0.3, -0.25) is 19.5 Å². The first-order valence-electron chi connectivity index (χ1n) is 6.06. The molecule has 1 heterocycles. The maximum absolute atomic E-state index is 11.5. The number of nitrogens with zero attached hydrogens (tertiary/aromatic N) is 3. The quantitative estimate of drug-likeness (QED) is 0.512. The van der Waals surface area contributed by atoms with Gasteiger partial charge < -0.3 is 0 Å². The monoisotopic (exact) mass is 308 g/mol. The summed E-state index contributed by atoms with van der Waals surface area (Å²) in [5.74, 6) is -0.250. The molecule has 0 atom stereocenters. The van der Waals surface area contributed by atoms with Crippen molar-refractivity contribution in [2.45, 2.75) is 30.4 Å². The van der Waals surface area contributed by atoms with Crippen LogP contribution in [0.3, 0.4) is 0 Å². The number of aromatic amines is 1. The number of hydrogen-bond donors (Lipinski definition) is 1. The second kappa shape index (κ2) is 5.92. The number of nitro benzene ring substituents is 1. The molecule has 110 valence electrons. The van der Waals surface area contributed by atoms with Crippen LogP contribution in [0.5, 0.6) is 0 Å². The fraction of sp³-hybridized carbons (Fsp3) is 0.250. The van der Waals surface area contributed by atoms with Crippen LogP contribution in [-0.4, -0.2) is 25.5 Å². The molecule has 0 fully saturated rings. The zero-order valence-electron chi connectivity index (χ0n) is 11.3. The normalized spacial score (nSPS) is 10.6. The number of H-pyrrole nitrogens is 1. The van der Waals surface area contributed by atoms with Gasteiger partial charge in [-0.25, -0.2) is 9.89 Å². The minimum absolute atomic E-state index is 0.189. The Hall–Kier alpha value is -2.42. The van der Waals surface area contributed by atoms with Gasteiger partial charge in [0.05, 0.1) is 9.82 Å². The first-order valence-corrected chi connectivity index (χ1v) is 6.88. The van der Waals surface area contributed by atoms with Crippen LogP contribution < -0.4 is 5.69 Å². The molecule has 0 unspecified atom stereocenters. The van der Waals surface area contributed by atoms with Crippen LogP contribution in [-0.2, 0) is 6.54 Å². The van der Waals surface area contributed by atoms with Gasteiger partial charge in [0, 0.05) is 18.2 Å². The number of nitro groups is 1. The summed E-state index contributed by atoms with van der Waals surface area (Å²) < 4.78 is 1.37. The van der Waals surface area contributed by atoms with Gasteiger partial charge in [-0.1, -0.05) is 0 Å². The summed E-state index contributed by atoms with van der Waals surface area (Å²) in [4.78, 5) is 33.7. The van der Waals surface area contributed by atoms with E-state index in [4.69, 9.17) is 0 Å². The molecule has 2 rings (SSSR count). The summed E-state index contributed by atoms with van der Waals surface area (Å²) in [5.41, 5.74) is -0.297. The first kappa shape index (κ1) is 15.0. The van der Waals surface area contributed by atoms with Crippen LogP contribution >= 0.6 is 11.8 Å². The van der Waals surface area contributed by atoms with Gasteiger partial charge in [-0.15, -0.1) is 5.10 Å². The number of Topliss-reactive ketones (excluding diaryl/α,β-unsaturated/α-hetero) is 1. The molecule has 0 bridgehead atoms. The summed E-state index contributed by atoms with van der Waals surface area (Å²) in [6.45, 7) is 3.51. The number of hydrogen-bond acceptors (Lipinski definition) is 6. The lowest BCUT2D eigenvalue weighted by atomic mass is 10.1. The fourth-order valence-electron chi connectivity index (χ4n) is 1.72. The van der Waals surface area contributed by atoms with Gasteiger partial charge in [-0.05, 0) is 37.7 Å². The Balaban J connectivity index is 2.46. The first-order chi connectivity index (χ1) is 9.93. The van der Waals surface area contributed by atoms with Crippen LogP contribution in [0.15, 0.2) is 33.0 Å². The van der Waals surface area contributed by atoms with E-state index in [1.165, 1.54) is 29.7 Å². The molecule has 2 aromatic rings. The molecule has 9 heteroatoms. The summed E-state index contributed by atoms with van der Waals surface area (Å²) >= 11 is 1.00. The number of benzene rings is 1. The fourth-order valence-corrected chi connectivity index (χ4v) is 2.71. The van der Waals surface area contributed by atoms with Gasteiger partial charge in [0.2, 0.25) is 0 Å². The number of carbonyl (C=O) groups excluding carboxylic acids is 1. The largest absolute Gasteiger partial charge is 0.343 e.